The van der Waals surface area contributed by atoms with Gasteiger partial charge >= 0.3 is 0 Å². The Kier molecular flexibility index (Phi) is 7.54. The van der Waals surface area contributed by atoms with Gasteiger partial charge in [0.15, 0.2) is 0 Å². The van der Waals surface area contributed by atoms with Gasteiger partial charge in [0.25, 0.3) is 0 Å². The normalized spacial score (nSPS) is 14.2. The lowest BCUT2D eigenvalue weighted by Crippen LogP contribution is -2.32. The van der Waals surface area contributed by atoms with Crippen molar-refractivity contribution in [1.29, 1.82) is 0 Å². The van der Waals surface area contributed by atoms with E-state index in [4.69, 9.17) is 16.3 Å². The summed E-state index contributed by atoms with van der Waals surface area (Å²) in [7, 11) is -3.19. The lowest BCUT2D eigenvalue weighted by molar-refractivity contribution is 0.163. The van der Waals surface area contributed by atoms with Crippen molar-refractivity contribution in [3.63, 3.8) is 0 Å². The predicted octanol–water partition coefficient (Wildman–Crippen LogP) is 0.817. The molecule has 1 atom stereocenters. The minimum Gasteiger partial charge on any atom is -0.381 e. The van der Waals surface area contributed by atoms with Crippen LogP contribution in [0.3, 0.4) is 0 Å². The summed E-state index contributed by atoms with van der Waals surface area (Å²) in [4.78, 5) is 0. The fourth-order valence-corrected chi connectivity index (χ4v) is 1.84. The molecule has 14 heavy (non-hydrogen) atoms. The second kappa shape index (κ2) is 7.45. The van der Waals surface area contributed by atoms with Crippen molar-refractivity contribution >= 4 is 21.6 Å². The maximum Gasteiger partial charge on any atom is 0.213 e. The molecule has 0 saturated carbocycles. The van der Waals surface area contributed by atoms with Gasteiger partial charge in [0.2, 0.25) is 10.0 Å². The number of hydrogen-bond donors (Lipinski definition) is 1. The lowest BCUT2D eigenvalue weighted by Gasteiger charge is -2.09. The minimum absolute atomic E-state index is 0.00977. The Bertz CT molecular complexity index is 231. The Morgan fingerprint density at radius 2 is 2.14 bits per heavy atom. The van der Waals surface area contributed by atoms with Gasteiger partial charge in [0, 0.05) is 19.0 Å². The van der Waals surface area contributed by atoms with Crippen molar-refractivity contribution in [2.24, 2.45) is 5.92 Å². The highest BCUT2D eigenvalue weighted by Crippen LogP contribution is 1.96. The molecule has 86 valence electrons. The van der Waals surface area contributed by atoms with Gasteiger partial charge in [-0.25, -0.2) is 13.1 Å². The third kappa shape index (κ3) is 7.55. The van der Waals surface area contributed by atoms with Crippen LogP contribution in [0.25, 0.3) is 0 Å². The molecule has 0 fully saturated rings. The van der Waals surface area contributed by atoms with E-state index in [0.717, 1.165) is 0 Å². The Morgan fingerprint density at radius 3 is 2.64 bits per heavy atom. The van der Waals surface area contributed by atoms with Gasteiger partial charge in [-0.3, -0.25) is 0 Å². The van der Waals surface area contributed by atoms with E-state index in [1.165, 1.54) is 0 Å². The average Bonchev–Trinajstić information content (AvgIpc) is 2.14. The van der Waals surface area contributed by atoms with Crippen LogP contribution in [0.15, 0.2) is 0 Å². The summed E-state index contributed by atoms with van der Waals surface area (Å²) in [6.45, 7) is 4.88. The summed E-state index contributed by atoms with van der Waals surface area (Å²) in [5, 5.41) is 0. The minimum atomic E-state index is -3.19. The van der Waals surface area contributed by atoms with Crippen molar-refractivity contribution in [2.45, 2.75) is 13.8 Å². The van der Waals surface area contributed by atoms with Gasteiger partial charge in [0.1, 0.15) is 0 Å². The maximum atomic E-state index is 11.3. The van der Waals surface area contributed by atoms with Crippen molar-refractivity contribution in [3.8, 4) is 0 Å². The van der Waals surface area contributed by atoms with Gasteiger partial charge in [-0.2, -0.15) is 0 Å². The molecule has 0 aliphatic carbocycles. The van der Waals surface area contributed by atoms with Crippen LogP contribution in [0, 0.1) is 5.92 Å². The van der Waals surface area contributed by atoms with Crippen LogP contribution in [-0.2, 0) is 14.8 Å². The van der Waals surface area contributed by atoms with Crippen LogP contribution in [0.5, 0.6) is 0 Å². The van der Waals surface area contributed by atoms with E-state index in [1.807, 2.05) is 13.8 Å². The molecular formula is C8H18ClNO3S. The summed E-state index contributed by atoms with van der Waals surface area (Å²) in [5.41, 5.74) is 0. The van der Waals surface area contributed by atoms with E-state index < -0.39 is 10.0 Å². The first kappa shape index (κ1) is 14.2. The van der Waals surface area contributed by atoms with Crippen LogP contribution >= 0.6 is 11.6 Å². The van der Waals surface area contributed by atoms with E-state index in [-0.39, 0.29) is 18.3 Å². The Balaban J connectivity index is 3.73. The monoisotopic (exact) mass is 243 g/mol. The second-order valence-electron chi connectivity index (χ2n) is 3.12. The van der Waals surface area contributed by atoms with E-state index in [9.17, 15) is 8.42 Å². The quantitative estimate of drug-likeness (QED) is 0.507. The topological polar surface area (TPSA) is 55.4 Å². The van der Waals surface area contributed by atoms with Crippen molar-refractivity contribution in [3.05, 3.63) is 0 Å². The highest BCUT2D eigenvalue weighted by atomic mass is 35.5. The van der Waals surface area contributed by atoms with Crippen LogP contribution in [-0.4, -0.2) is 39.8 Å². The molecule has 0 saturated heterocycles. The molecule has 0 aromatic carbocycles. The van der Waals surface area contributed by atoms with Crippen LogP contribution < -0.4 is 4.72 Å². The van der Waals surface area contributed by atoms with Crippen molar-refractivity contribution < 1.29 is 13.2 Å². The van der Waals surface area contributed by atoms with Crippen LogP contribution in [0.4, 0.5) is 0 Å². The second-order valence-corrected chi connectivity index (χ2v) is 5.36. The summed E-state index contributed by atoms with van der Waals surface area (Å²) in [5.74, 6) is 0.614. The number of halogens is 1. The lowest BCUT2D eigenvalue weighted by atomic mass is 10.2. The van der Waals surface area contributed by atoms with Gasteiger partial charge < -0.3 is 4.74 Å². The molecule has 0 bridgehead atoms. The molecule has 4 nitrogen and oxygen atoms in total. The van der Waals surface area contributed by atoms with E-state index >= 15 is 0 Å². The smallest absolute Gasteiger partial charge is 0.213 e. The zero-order chi connectivity index (χ0) is 11.0. The van der Waals surface area contributed by atoms with Crippen LogP contribution in [0.2, 0.25) is 0 Å². The van der Waals surface area contributed by atoms with Gasteiger partial charge in [0.05, 0.1) is 12.4 Å². The van der Waals surface area contributed by atoms with E-state index in [1.54, 1.807) is 0 Å². The van der Waals surface area contributed by atoms with Gasteiger partial charge in [-0.1, -0.05) is 6.92 Å². The number of sulfonamides is 1. The fraction of sp³-hybridized carbons (Fsp3) is 1.00. The molecule has 1 unspecified atom stereocenters. The number of alkyl halides is 1. The molecule has 0 aromatic rings. The molecule has 0 aliphatic heterocycles. The summed E-state index contributed by atoms with van der Waals surface area (Å²) in [6, 6.07) is 0. The standard InChI is InChI=1S/C8H18ClNO3S/c1-3-13-4-5-14(11,12)10-7-8(2)6-9/h8,10H,3-7H2,1-2H3. The number of ether oxygens (including phenoxy) is 1. The molecule has 0 aromatic heterocycles. The number of nitrogens with one attached hydrogen (secondary N) is 1. The Labute approximate surface area is 91.0 Å². The number of hydrogen-bond acceptors (Lipinski definition) is 3. The molecule has 0 rings (SSSR count). The van der Waals surface area contributed by atoms with Crippen molar-refractivity contribution in [2.75, 3.05) is 31.4 Å². The third-order valence-corrected chi connectivity index (χ3v) is 3.45. The first-order chi connectivity index (χ1) is 6.52. The SMILES string of the molecule is CCOCCS(=O)(=O)NCC(C)CCl. The Hall–Kier alpha value is 0.160. The molecule has 1 N–H and O–H groups in total. The highest BCUT2D eigenvalue weighted by molar-refractivity contribution is 7.89. The largest absolute Gasteiger partial charge is 0.381 e. The van der Waals surface area contributed by atoms with Crippen LogP contribution in [0.1, 0.15) is 13.8 Å². The average molecular weight is 244 g/mol. The first-order valence-corrected chi connectivity index (χ1v) is 6.81. The molecule has 0 aliphatic rings. The van der Waals surface area contributed by atoms with Crippen molar-refractivity contribution in [1.82, 2.24) is 4.72 Å². The van der Waals surface area contributed by atoms with Gasteiger partial charge in [-0.15, -0.1) is 11.6 Å². The zero-order valence-corrected chi connectivity index (χ0v) is 10.2. The highest BCUT2D eigenvalue weighted by Gasteiger charge is 2.10. The van der Waals surface area contributed by atoms with E-state index in [0.29, 0.717) is 19.0 Å². The molecule has 0 amide bonds. The fourth-order valence-electron chi connectivity index (χ4n) is 0.709. The summed E-state index contributed by atoms with van der Waals surface area (Å²) >= 11 is 5.55. The molecule has 0 radical (unpaired) electrons. The molecule has 6 heteroatoms. The summed E-state index contributed by atoms with van der Waals surface area (Å²) < 4.78 is 30.0. The Morgan fingerprint density at radius 1 is 1.50 bits per heavy atom. The number of rotatable bonds is 8. The zero-order valence-electron chi connectivity index (χ0n) is 8.62. The third-order valence-electron chi connectivity index (χ3n) is 1.62. The van der Waals surface area contributed by atoms with E-state index in [2.05, 4.69) is 4.72 Å². The molecule has 0 spiro atoms. The molecular weight excluding hydrogens is 226 g/mol. The maximum absolute atomic E-state index is 11.3. The van der Waals surface area contributed by atoms with Gasteiger partial charge in [-0.05, 0) is 12.8 Å². The first-order valence-electron chi connectivity index (χ1n) is 4.63. The molecule has 0 heterocycles. The summed E-state index contributed by atoms with van der Waals surface area (Å²) in [6.07, 6.45) is 0. The predicted molar refractivity (Wildman–Crippen MR) is 58.2 cm³/mol.